The van der Waals surface area contributed by atoms with Crippen molar-refractivity contribution >= 4 is 0 Å². The number of hydrogen-bond donors (Lipinski definition) is 2. The number of methoxy groups -OCH3 is 1. The van der Waals surface area contributed by atoms with Crippen LogP contribution in [-0.4, -0.2) is 24.4 Å². The topological polar surface area (TPSA) is 55.5 Å². The zero-order valence-electron chi connectivity index (χ0n) is 13.2. The number of benzene rings is 1. The van der Waals surface area contributed by atoms with Crippen molar-refractivity contribution in [3.05, 3.63) is 29.3 Å². The van der Waals surface area contributed by atoms with E-state index in [9.17, 15) is 5.11 Å². The monoisotopic (exact) mass is 279 g/mol. The zero-order chi connectivity index (χ0) is 15.1. The van der Waals surface area contributed by atoms with Gasteiger partial charge in [-0.25, -0.2) is 0 Å². The fourth-order valence-electron chi connectivity index (χ4n) is 2.58. The Morgan fingerprint density at radius 2 is 2.00 bits per heavy atom. The fraction of sp³-hybridized carbons (Fsp3) is 0.647. The summed E-state index contributed by atoms with van der Waals surface area (Å²) in [6.45, 7) is 6.35. The number of aliphatic hydroxyl groups is 1. The van der Waals surface area contributed by atoms with Gasteiger partial charge >= 0.3 is 0 Å². The molecule has 0 aliphatic rings. The van der Waals surface area contributed by atoms with Crippen molar-refractivity contribution in [2.75, 3.05) is 7.11 Å². The molecule has 1 aromatic carbocycles. The van der Waals surface area contributed by atoms with E-state index < -0.39 is 6.10 Å². The van der Waals surface area contributed by atoms with Gasteiger partial charge in [0.05, 0.1) is 13.2 Å². The maximum atomic E-state index is 10.2. The third-order valence-electron chi connectivity index (χ3n) is 3.94. The number of aryl methyl sites for hydroxylation is 1. The van der Waals surface area contributed by atoms with Crippen LogP contribution in [0.3, 0.4) is 0 Å². The van der Waals surface area contributed by atoms with Crippen LogP contribution in [0.15, 0.2) is 18.2 Å². The van der Waals surface area contributed by atoms with Gasteiger partial charge in [-0.15, -0.1) is 0 Å². The minimum Gasteiger partial charge on any atom is -0.496 e. The van der Waals surface area contributed by atoms with Gasteiger partial charge in [-0.2, -0.15) is 0 Å². The second kappa shape index (κ2) is 8.28. The van der Waals surface area contributed by atoms with Gasteiger partial charge in [0.25, 0.3) is 0 Å². The molecule has 3 unspecified atom stereocenters. The van der Waals surface area contributed by atoms with Crippen molar-refractivity contribution in [2.24, 2.45) is 5.73 Å². The summed E-state index contributed by atoms with van der Waals surface area (Å²) < 4.78 is 5.44. The van der Waals surface area contributed by atoms with Crippen LogP contribution in [0.4, 0.5) is 0 Å². The summed E-state index contributed by atoms with van der Waals surface area (Å²) in [4.78, 5) is 0. The summed E-state index contributed by atoms with van der Waals surface area (Å²) in [7, 11) is 1.69. The first-order chi connectivity index (χ1) is 9.53. The minimum atomic E-state index is -0.458. The van der Waals surface area contributed by atoms with E-state index in [0.717, 1.165) is 30.6 Å². The third-order valence-corrected chi connectivity index (χ3v) is 3.94. The number of aliphatic hydroxyl groups excluding tert-OH is 1. The summed E-state index contributed by atoms with van der Waals surface area (Å²) in [5, 5.41) is 10.2. The average molecular weight is 279 g/mol. The molecule has 0 spiro atoms. The standard InChI is InChI=1S/C17H29NO2/c1-5-7-15(18)16(19)10-12(3)14-11-13(6-2)8-9-17(14)20-4/h8-9,11-12,15-16,19H,5-7,10,18H2,1-4H3. The molecule has 1 rings (SSSR count). The first kappa shape index (κ1) is 17.0. The van der Waals surface area contributed by atoms with Crippen LogP contribution in [0.2, 0.25) is 0 Å². The number of rotatable bonds is 8. The molecule has 0 aliphatic heterocycles. The molecular formula is C17H29NO2. The Morgan fingerprint density at radius 3 is 2.55 bits per heavy atom. The zero-order valence-corrected chi connectivity index (χ0v) is 13.2. The highest BCUT2D eigenvalue weighted by molar-refractivity contribution is 5.39. The van der Waals surface area contributed by atoms with Crippen molar-refractivity contribution < 1.29 is 9.84 Å². The Kier molecular flexibility index (Phi) is 7.03. The molecule has 0 amide bonds. The normalized spacial score (nSPS) is 15.7. The molecule has 0 radical (unpaired) electrons. The number of hydrogen-bond acceptors (Lipinski definition) is 3. The van der Waals surface area contributed by atoms with Crippen LogP contribution in [0.25, 0.3) is 0 Å². The number of ether oxygens (including phenoxy) is 1. The molecule has 0 saturated heterocycles. The smallest absolute Gasteiger partial charge is 0.122 e. The quantitative estimate of drug-likeness (QED) is 0.768. The van der Waals surface area contributed by atoms with Crippen LogP contribution in [0.5, 0.6) is 5.75 Å². The van der Waals surface area contributed by atoms with Gasteiger partial charge in [-0.3, -0.25) is 0 Å². The molecule has 3 N–H and O–H groups in total. The van der Waals surface area contributed by atoms with E-state index in [-0.39, 0.29) is 12.0 Å². The highest BCUT2D eigenvalue weighted by Gasteiger charge is 2.20. The maximum absolute atomic E-state index is 10.2. The molecule has 0 saturated carbocycles. The Hall–Kier alpha value is -1.06. The first-order valence-corrected chi connectivity index (χ1v) is 7.63. The predicted octanol–water partition coefficient (Wildman–Crippen LogP) is 3.24. The second-order valence-corrected chi connectivity index (χ2v) is 5.59. The lowest BCUT2D eigenvalue weighted by atomic mass is 9.89. The summed E-state index contributed by atoms with van der Waals surface area (Å²) in [6, 6.07) is 6.15. The van der Waals surface area contributed by atoms with Crippen LogP contribution in [0.1, 0.15) is 57.1 Å². The van der Waals surface area contributed by atoms with Gasteiger partial charge in [0.15, 0.2) is 0 Å². The summed E-state index contributed by atoms with van der Waals surface area (Å²) in [5.41, 5.74) is 8.45. The first-order valence-electron chi connectivity index (χ1n) is 7.63. The number of nitrogens with two attached hydrogens (primary N) is 1. The van der Waals surface area contributed by atoms with Crippen molar-refractivity contribution in [3.63, 3.8) is 0 Å². The van der Waals surface area contributed by atoms with Gasteiger partial charge < -0.3 is 15.6 Å². The van der Waals surface area contributed by atoms with E-state index in [2.05, 4.69) is 32.9 Å². The van der Waals surface area contributed by atoms with Gasteiger partial charge in [-0.1, -0.05) is 39.3 Å². The molecule has 3 atom stereocenters. The predicted molar refractivity (Wildman–Crippen MR) is 84.3 cm³/mol. The minimum absolute atomic E-state index is 0.136. The van der Waals surface area contributed by atoms with Crippen LogP contribution in [0, 0.1) is 0 Å². The van der Waals surface area contributed by atoms with E-state index in [1.807, 2.05) is 6.07 Å². The Labute approximate surface area is 123 Å². The average Bonchev–Trinajstić information content (AvgIpc) is 2.46. The van der Waals surface area contributed by atoms with Crippen molar-refractivity contribution in [1.29, 1.82) is 0 Å². The highest BCUT2D eigenvalue weighted by atomic mass is 16.5. The summed E-state index contributed by atoms with van der Waals surface area (Å²) in [6.07, 6.45) is 3.08. The van der Waals surface area contributed by atoms with Crippen LogP contribution >= 0.6 is 0 Å². The van der Waals surface area contributed by atoms with Crippen molar-refractivity contribution in [3.8, 4) is 5.75 Å². The molecule has 20 heavy (non-hydrogen) atoms. The van der Waals surface area contributed by atoms with Crippen molar-refractivity contribution in [1.82, 2.24) is 0 Å². The lowest BCUT2D eigenvalue weighted by molar-refractivity contribution is 0.124. The Bertz CT molecular complexity index is 406. The SMILES string of the molecule is CCCC(N)C(O)CC(C)c1cc(CC)ccc1OC. The molecule has 3 nitrogen and oxygen atoms in total. The lowest BCUT2D eigenvalue weighted by Crippen LogP contribution is -2.35. The summed E-state index contributed by atoms with van der Waals surface area (Å²) in [5.74, 6) is 1.13. The summed E-state index contributed by atoms with van der Waals surface area (Å²) >= 11 is 0. The van der Waals surface area contributed by atoms with Gasteiger partial charge in [0, 0.05) is 6.04 Å². The second-order valence-electron chi connectivity index (χ2n) is 5.59. The Balaban J connectivity index is 2.82. The van der Waals surface area contributed by atoms with E-state index >= 15 is 0 Å². The maximum Gasteiger partial charge on any atom is 0.122 e. The fourth-order valence-corrected chi connectivity index (χ4v) is 2.58. The van der Waals surface area contributed by atoms with Crippen LogP contribution < -0.4 is 10.5 Å². The molecule has 114 valence electrons. The molecule has 0 aliphatic carbocycles. The highest BCUT2D eigenvalue weighted by Crippen LogP contribution is 2.31. The van der Waals surface area contributed by atoms with Gasteiger partial charge in [-0.05, 0) is 42.4 Å². The van der Waals surface area contributed by atoms with E-state index in [1.54, 1.807) is 7.11 Å². The Morgan fingerprint density at radius 1 is 1.30 bits per heavy atom. The molecular weight excluding hydrogens is 250 g/mol. The molecule has 0 heterocycles. The van der Waals surface area contributed by atoms with Gasteiger partial charge in [0.2, 0.25) is 0 Å². The lowest BCUT2D eigenvalue weighted by Gasteiger charge is -2.23. The largest absolute Gasteiger partial charge is 0.496 e. The molecule has 1 aromatic rings. The van der Waals surface area contributed by atoms with E-state index in [1.165, 1.54) is 5.56 Å². The van der Waals surface area contributed by atoms with E-state index in [4.69, 9.17) is 10.5 Å². The van der Waals surface area contributed by atoms with Crippen LogP contribution in [-0.2, 0) is 6.42 Å². The van der Waals surface area contributed by atoms with Crippen molar-refractivity contribution in [2.45, 2.75) is 64.5 Å². The van der Waals surface area contributed by atoms with E-state index in [0.29, 0.717) is 6.42 Å². The molecule has 0 bridgehead atoms. The third kappa shape index (κ3) is 4.50. The molecule has 0 fully saturated rings. The molecule has 0 aromatic heterocycles. The molecule has 3 heteroatoms. The van der Waals surface area contributed by atoms with Gasteiger partial charge in [0.1, 0.15) is 5.75 Å².